The van der Waals surface area contributed by atoms with Crippen LogP contribution in [0.1, 0.15) is 13.3 Å². The van der Waals surface area contributed by atoms with Gasteiger partial charge in [-0.3, -0.25) is 0 Å². The molecule has 0 aliphatic heterocycles. The van der Waals surface area contributed by atoms with E-state index >= 15 is 0 Å². The zero-order valence-electron chi connectivity index (χ0n) is 7.99. The van der Waals surface area contributed by atoms with Crippen molar-refractivity contribution in [2.24, 2.45) is 0 Å². The van der Waals surface area contributed by atoms with Crippen LogP contribution < -0.4 is 0 Å². The van der Waals surface area contributed by atoms with Crippen molar-refractivity contribution in [1.29, 1.82) is 0 Å². The molecule has 0 aliphatic rings. The van der Waals surface area contributed by atoms with Crippen molar-refractivity contribution in [3.8, 4) is 0 Å². The zero-order valence-corrected chi connectivity index (χ0v) is 7.99. The number of hydrogen-bond acceptors (Lipinski definition) is 4. The van der Waals surface area contributed by atoms with Crippen LogP contribution in [-0.4, -0.2) is 11.9 Å². The van der Waals surface area contributed by atoms with Crippen molar-refractivity contribution in [3.05, 3.63) is 37.3 Å². The number of esters is 2. The van der Waals surface area contributed by atoms with E-state index in [2.05, 4.69) is 22.6 Å². The van der Waals surface area contributed by atoms with Gasteiger partial charge in [-0.05, 0) is 12.5 Å². The summed E-state index contributed by atoms with van der Waals surface area (Å²) in [6, 6.07) is 0. The van der Waals surface area contributed by atoms with Crippen LogP contribution in [0.25, 0.3) is 0 Å². The van der Waals surface area contributed by atoms with E-state index in [0.717, 1.165) is 12.2 Å². The van der Waals surface area contributed by atoms with Crippen LogP contribution in [0.3, 0.4) is 0 Å². The molecule has 0 bridgehead atoms. The van der Waals surface area contributed by atoms with Crippen molar-refractivity contribution in [3.63, 3.8) is 0 Å². The highest BCUT2D eigenvalue weighted by molar-refractivity contribution is 5.84. The zero-order chi connectivity index (χ0) is 11.0. The van der Waals surface area contributed by atoms with E-state index in [4.69, 9.17) is 0 Å². The van der Waals surface area contributed by atoms with Gasteiger partial charge in [-0.2, -0.15) is 0 Å². The van der Waals surface area contributed by atoms with Crippen molar-refractivity contribution >= 4 is 11.9 Å². The molecule has 0 unspecified atom stereocenters. The molecule has 14 heavy (non-hydrogen) atoms. The van der Waals surface area contributed by atoms with Gasteiger partial charge < -0.3 is 9.47 Å². The summed E-state index contributed by atoms with van der Waals surface area (Å²) in [6.45, 7) is 8.23. The third-order valence-electron chi connectivity index (χ3n) is 1.11. The van der Waals surface area contributed by atoms with Gasteiger partial charge in [0.25, 0.3) is 5.95 Å². The Morgan fingerprint density at radius 3 is 1.86 bits per heavy atom. The van der Waals surface area contributed by atoms with Gasteiger partial charge >= 0.3 is 11.9 Å². The molecule has 0 rings (SSSR count). The molecule has 0 spiro atoms. The van der Waals surface area contributed by atoms with E-state index in [1.54, 1.807) is 0 Å². The van der Waals surface area contributed by atoms with Gasteiger partial charge in [0.2, 0.25) is 0 Å². The molecule has 0 heterocycles. The minimum Gasteiger partial charge on any atom is -0.390 e. The van der Waals surface area contributed by atoms with Crippen LogP contribution in [0.4, 0.5) is 0 Å². The number of rotatable bonds is 5. The van der Waals surface area contributed by atoms with Crippen LogP contribution in [-0.2, 0) is 19.1 Å². The number of hydrogen-bond donors (Lipinski definition) is 0. The second kappa shape index (κ2) is 6.65. The standard InChI is InChI=1S/C10H12O4/c1-4-7-10(13-8(11)5-2)14-9(12)6-3/h5-7H,2-4H2,1H3. The molecular formula is C10H12O4. The number of allylic oxidation sites excluding steroid dienone is 1. The molecule has 0 N–H and O–H groups in total. The largest absolute Gasteiger partial charge is 0.390 e. The van der Waals surface area contributed by atoms with E-state index in [1.165, 1.54) is 6.08 Å². The monoisotopic (exact) mass is 196 g/mol. The van der Waals surface area contributed by atoms with Crippen LogP contribution in [0, 0.1) is 0 Å². The van der Waals surface area contributed by atoms with E-state index in [1.807, 2.05) is 6.92 Å². The molecule has 0 saturated heterocycles. The maximum Gasteiger partial charge on any atom is 0.337 e. The summed E-state index contributed by atoms with van der Waals surface area (Å²) in [5.74, 6) is -1.51. The fourth-order valence-corrected chi connectivity index (χ4v) is 0.552. The maximum atomic E-state index is 10.8. The smallest absolute Gasteiger partial charge is 0.337 e. The Bertz CT molecular complexity index is 252. The number of carbonyl (C=O) groups is 2. The third-order valence-corrected chi connectivity index (χ3v) is 1.11. The number of ether oxygens (including phenoxy) is 2. The average molecular weight is 196 g/mol. The molecule has 0 saturated carbocycles. The highest BCUT2D eigenvalue weighted by Crippen LogP contribution is 2.03. The Morgan fingerprint density at radius 2 is 1.57 bits per heavy atom. The Hall–Kier alpha value is -1.84. The quantitative estimate of drug-likeness (QED) is 0.381. The summed E-state index contributed by atoms with van der Waals surface area (Å²) in [5, 5.41) is 0. The van der Waals surface area contributed by atoms with Crippen molar-refractivity contribution < 1.29 is 19.1 Å². The Labute approximate surface area is 82.5 Å². The minimum atomic E-state index is -0.679. The van der Waals surface area contributed by atoms with Crippen molar-refractivity contribution in [1.82, 2.24) is 0 Å². The second-order valence-corrected chi connectivity index (χ2v) is 2.18. The van der Waals surface area contributed by atoms with Crippen molar-refractivity contribution in [2.75, 3.05) is 0 Å². The molecule has 0 aromatic carbocycles. The van der Waals surface area contributed by atoms with E-state index < -0.39 is 11.9 Å². The van der Waals surface area contributed by atoms with E-state index in [-0.39, 0.29) is 5.95 Å². The van der Waals surface area contributed by atoms with Crippen LogP contribution in [0.15, 0.2) is 37.3 Å². The lowest BCUT2D eigenvalue weighted by molar-refractivity contribution is -0.147. The first-order chi connectivity index (χ1) is 6.63. The van der Waals surface area contributed by atoms with Gasteiger partial charge in [0, 0.05) is 12.2 Å². The first-order valence-corrected chi connectivity index (χ1v) is 4.02. The average Bonchev–Trinajstić information content (AvgIpc) is 2.17. The van der Waals surface area contributed by atoms with Gasteiger partial charge in [-0.25, -0.2) is 9.59 Å². The Kier molecular flexibility index (Phi) is 5.78. The van der Waals surface area contributed by atoms with Crippen molar-refractivity contribution in [2.45, 2.75) is 13.3 Å². The molecule has 0 amide bonds. The SMILES string of the molecule is C=CC(=O)OC(=CCC)OC(=O)C=C. The third kappa shape index (κ3) is 4.92. The molecule has 0 aromatic heterocycles. The predicted octanol–water partition coefficient (Wildman–Crippen LogP) is 1.70. The van der Waals surface area contributed by atoms with Crippen LogP contribution in [0.5, 0.6) is 0 Å². The fraction of sp³-hybridized carbons (Fsp3) is 0.200. The number of carbonyl (C=O) groups excluding carboxylic acids is 2. The summed E-state index contributed by atoms with van der Waals surface area (Å²) in [6.07, 6.45) is 3.99. The van der Waals surface area contributed by atoms with Gasteiger partial charge in [0.05, 0.1) is 0 Å². The first-order valence-electron chi connectivity index (χ1n) is 4.02. The molecule has 0 aromatic rings. The molecule has 76 valence electrons. The molecule has 4 heteroatoms. The lowest BCUT2D eigenvalue weighted by Crippen LogP contribution is -2.07. The lowest BCUT2D eigenvalue weighted by atomic mass is 10.5. The maximum absolute atomic E-state index is 10.8. The normalized spacial score (nSPS) is 8.36. The minimum absolute atomic E-state index is 0.151. The molecule has 0 aliphatic carbocycles. The highest BCUT2D eigenvalue weighted by Gasteiger charge is 2.07. The first kappa shape index (κ1) is 12.2. The highest BCUT2D eigenvalue weighted by atomic mass is 16.7. The fourth-order valence-electron chi connectivity index (χ4n) is 0.552. The topological polar surface area (TPSA) is 52.6 Å². The summed E-state index contributed by atoms with van der Waals surface area (Å²) in [7, 11) is 0. The second-order valence-electron chi connectivity index (χ2n) is 2.18. The van der Waals surface area contributed by atoms with Crippen LogP contribution in [0.2, 0.25) is 0 Å². The molecule has 0 atom stereocenters. The molecule has 0 radical (unpaired) electrons. The Balaban J connectivity index is 4.37. The molecular weight excluding hydrogens is 184 g/mol. The molecule has 0 fully saturated rings. The van der Waals surface area contributed by atoms with Gasteiger partial charge in [0.1, 0.15) is 0 Å². The van der Waals surface area contributed by atoms with Gasteiger partial charge in [-0.1, -0.05) is 20.1 Å². The van der Waals surface area contributed by atoms with E-state index in [9.17, 15) is 9.59 Å². The predicted molar refractivity (Wildman–Crippen MR) is 51.0 cm³/mol. The van der Waals surface area contributed by atoms with Gasteiger partial charge in [-0.15, -0.1) is 0 Å². The van der Waals surface area contributed by atoms with Crippen LogP contribution >= 0.6 is 0 Å². The Morgan fingerprint density at radius 1 is 1.14 bits per heavy atom. The summed E-state index contributed by atoms with van der Waals surface area (Å²) < 4.78 is 9.25. The summed E-state index contributed by atoms with van der Waals surface area (Å²) in [5.41, 5.74) is 0. The molecule has 4 nitrogen and oxygen atoms in total. The lowest BCUT2D eigenvalue weighted by Gasteiger charge is -2.04. The van der Waals surface area contributed by atoms with Gasteiger partial charge in [0.15, 0.2) is 0 Å². The van der Waals surface area contributed by atoms with E-state index in [0.29, 0.717) is 6.42 Å². The summed E-state index contributed by atoms with van der Waals surface area (Å²) in [4.78, 5) is 21.5. The summed E-state index contributed by atoms with van der Waals surface area (Å²) >= 11 is 0.